The van der Waals surface area contributed by atoms with E-state index in [9.17, 15) is 0 Å². The highest BCUT2D eigenvalue weighted by molar-refractivity contribution is 6.03. The summed E-state index contributed by atoms with van der Waals surface area (Å²) in [6.45, 7) is 6.38. The van der Waals surface area contributed by atoms with Crippen LogP contribution in [0.15, 0.2) is 47.0 Å². The number of aliphatic imine (C=N–C) groups is 2. The second kappa shape index (κ2) is 4.75. The van der Waals surface area contributed by atoms with Crippen LogP contribution in [0.4, 0.5) is 5.69 Å². The van der Waals surface area contributed by atoms with Crippen LogP contribution < -0.4 is 5.32 Å². The Kier molecular flexibility index (Phi) is 3.15. The molecule has 1 aliphatic rings. The van der Waals surface area contributed by atoms with Crippen LogP contribution in [-0.4, -0.2) is 18.1 Å². The quantitative estimate of drug-likeness (QED) is 0.820. The number of rotatable bonds is 4. The highest BCUT2D eigenvalue weighted by atomic mass is 15.0. The molecule has 0 aliphatic carbocycles. The average molecular weight is 213 g/mol. The fraction of sp³-hybridized carbons (Fsp3) is 0.231. The van der Waals surface area contributed by atoms with Crippen LogP contribution in [-0.2, 0) is 6.42 Å². The second-order valence-corrected chi connectivity index (χ2v) is 3.80. The van der Waals surface area contributed by atoms with Crippen molar-refractivity contribution in [2.45, 2.75) is 13.3 Å². The number of anilines is 1. The summed E-state index contributed by atoms with van der Waals surface area (Å²) in [6, 6.07) is 8.22. The normalized spacial score (nSPS) is 14.3. The molecule has 0 saturated carbocycles. The topological polar surface area (TPSA) is 36.8 Å². The lowest BCUT2D eigenvalue weighted by Crippen LogP contribution is -1.97. The molecule has 1 aliphatic heterocycles. The van der Waals surface area contributed by atoms with Gasteiger partial charge >= 0.3 is 0 Å². The van der Waals surface area contributed by atoms with E-state index in [1.54, 1.807) is 6.20 Å². The minimum Gasteiger partial charge on any atom is -0.362 e. The molecule has 3 nitrogen and oxygen atoms in total. The summed E-state index contributed by atoms with van der Waals surface area (Å²) in [5, 5.41) is 3.04. The van der Waals surface area contributed by atoms with E-state index in [1.807, 2.05) is 19.1 Å². The predicted molar refractivity (Wildman–Crippen MR) is 69.4 cm³/mol. The van der Waals surface area contributed by atoms with Crippen LogP contribution in [0.25, 0.3) is 0 Å². The molecule has 1 aromatic rings. The van der Waals surface area contributed by atoms with E-state index in [1.165, 1.54) is 5.56 Å². The molecular weight excluding hydrogens is 198 g/mol. The molecule has 0 aromatic heterocycles. The molecular formula is C13H15N3. The van der Waals surface area contributed by atoms with Crippen LogP contribution >= 0.6 is 0 Å². The van der Waals surface area contributed by atoms with Crippen LogP contribution in [0.2, 0.25) is 0 Å². The lowest BCUT2D eigenvalue weighted by atomic mass is 10.1. The van der Waals surface area contributed by atoms with Gasteiger partial charge < -0.3 is 5.32 Å². The Morgan fingerprint density at radius 2 is 2.12 bits per heavy atom. The number of hydrogen-bond acceptors (Lipinski definition) is 3. The number of hydrogen-bond donors (Lipinski definition) is 1. The van der Waals surface area contributed by atoms with Crippen molar-refractivity contribution in [3.63, 3.8) is 0 Å². The van der Waals surface area contributed by atoms with Crippen molar-refractivity contribution in [2.75, 3.05) is 11.9 Å². The van der Waals surface area contributed by atoms with Crippen molar-refractivity contribution < 1.29 is 0 Å². The third-order valence-electron chi connectivity index (χ3n) is 2.40. The van der Waals surface area contributed by atoms with Crippen molar-refractivity contribution in [3.8, 4) is 0 Å². The van der Waals surface area contributed by atoms with Gasteiger partial charge in [-0.1, -0.05) is 18.7 Å². The van der Waals surface area contributed by atoms with Gasteiger partial charge in [-0.25, -0.2) is 4.99 Å². The van der Waals surface area contributed by atoms with E-state index < -0.39 is 0 Å². The fourth-order valence-corrected chi connectivity index (χ4v) is 1.61. The predicted octanol–water partition coefficient (Wildman–Crippen LogP) is 2.66. The Bertz CT molecular complexity index is 441. The highest BCUT2D eigenvalue weighted by Gasteiger charge is 2.06. The van der Waals surface area contributed by atoms with Crippen LogP contribution in [0, 0.1) is 0 Å². The van der Waals surface area contributed by atoms with Gasteiger partial charge in [0.05, 0.1) is 6.54 Å². The third-order valence-corrected chi connectivity index (χ3v) is 2.40. The molecule has 3 heteroatoms. The molecule has 2 rings (SSSR count). The smallest absolute Gasteiger partial charge is 0.128 e. The standard InChI is InChI=1S/C13H15N3/c1-3-14-12-6-4-11(5-7-12)8-13-15-9-10(2)16-13/h3-7,14H,1,8-9H2,2H3. The molecule has 1 aromatic carbocycles. The van der Waals surface area contributed by atoms with Gasteiger partial charge in [0.1, 0.15) is 5.84 Å². The van der Waals surface area contributed by atoms with Gasteiger partial charge in [-0.05, 0) is 30.8 Å². The van der Waals surface area contributed by atoms with Gasteiger partial charge in [0.15, 0.2) is 0 Å². The molecule has 0 bridgehead atoms. The second-order valence-electron chi connectivity index (χ2n) is 3.80. The summed E-state index contributed by atoms with van der Waals surface area (Å²) in [5.41, 5.74) is 3.37. The third kappa shape index (κ3) is 2.57. The van der Waals surface area contributed by atoms with Crippen molar-refractivity contribution in [2.24, 2.45) is 9.98 Å². The summed E-state index contributed by atoms with van der Waals surface area (Å²) in [4.78, 5) is 8.73. The zero-order chi connectivity index (χ0) is 11.4. The van der Waals surface area contributed by atoms with Gasteiger partial charge in [-0.2, -0.15) is 0 Å². The zero-order valence-electron chi connectivity index (χ0n) is 9.40. The maximum Gasteiger partial charge on any atom is 0.128 e. The van der Waals surface area contributed by atoms with Gasteiger partial charge in [-0.15, -0.1) is 0 Å². The molecule has 0 atom stereocenters. The first-order valence-electron chi connectivity index (χ1n) is 5.32. The van der Waals surface area contributed by atoms with E-state index in [0.717, 1.165) is 30.2 Å². The van der Waals surface area contributed by atoms with Crippen molar-refractivity contribution >= 4 is 17.2 Å². The average Bonchev–Trinajstić information content (AvgIpc) is 2.67. The highest BCUT2D eigenvalue weighted by Crippen LogP contribution is 2.11. The van der Waals surface area contributed by atoms with Crippen molar-refractivity contribution in [1.82, 2.24) is 0 Å². The van der Waals surface area contributed by atoms with Crippen LogP contribution in [0.3, 0.4) is 0 Å². The van der Waals surface area contributed by atoms with E-state index >= 15 is 0 Å². The van der Waals surface area contributed by atoms with E-state index in [0.29, 0.717) is 0 Å². The maximum atomic E-state index is 4.38. The summed E-state index contributed by atoms with van der Waals surface area (Å²) < 4.78 is 0. The summed E-state index contributed by atoms with van der Waals surface area (Å²) >= 11 is 0. The van der Waals surface area contributed by atoms with Gasteiger partial charge in [-0.3, -0.25) is 4.99 Å². The monoisotopic (exact) mass is 213 g/mol. The largest absolute Gasteiger partial charge is 0.362 e. The van der Waals surface area contributed by atoms with E-state index in [2.05, 4.69) is 34.0 Å². The maximum absolute atomic E-state index is 4.38. The molecule has 16 heavy (non-hydrogen) atoms. The molecule has 0 amide bonds. The molecule has 0 spiro atoms. The zero-order valence-corrected chi connectivity index (χ0v) is 9.40. The minimum atomic E-state index is 0.755. The summed E-state index contributed by atoms with van der Waals surface area (Å²) in [7, 11) is 0. The molecule has 1 N–H and O–H groups in total. The molecule has 0 fully saturated rings. The fourth-order valence-electron chi connectivity index (χ4n) is 1.61. The van der Waals surface area contributed by atoms with Gasteiger partial charge in [0.2, 0.25) is 0 Å². The lowest BCUT2D eigenvalue weighted by Gasteiger charge is -2.02. The molecule has 0 radical (unpaired) electrons. The van der Waals surface area contributed by atoms with Gasteiger partial charge in [0.25, 0.3) is 0 Å². The Hall–Kier alpha value is -1.90. The molecule has 82 valence electrons. The van der Waals surface area contributed by atoms with Gasteiger partial charge in [0, 0.05) is 17.8 Å². The Morgan fingerprint density at radius 1 is 1.38 bits per heavy atom. The minimum absolute atomic E-state index is 0.755. The number of benzene rings is 1. The molecule has 0 unspecified atom stereocenters. The molecule has 0 saturated heterocycles. The first-order chi connectivity index (χ1) is 7.78. The summed E-state index contributed by atoms with van der Waals surface area (Å²) in [5.74, 6) is 0.932. The number of nitrogens with zero attached hydrogens (tertiary/aromatic N) is 2. The first-order valence-corrected chi connectivity index (χ1v) is 5.32. The Morgan fingerprint density at radius 3 is 2.69 bits per heavy atom. The number of amidine groups is 1. The van der Waals surface area contributed by atoms with Crippen molar-refractivity contribution in [1.29, 1.82) is 0 Å². The van der Waals surface area contributed by atoms with E-state index in [-0.39, 0.29) is 0 Å². The van der Waals surface area contributed by atoms with Crippen LogP contribution in [0.1, 0.15) is 12.5 Å². The molecule has 1 heterocycles. The number of nitrogens with one attached hydrogen (secondary N) is 1. The van der Waals surface area contributed by atoms with Crippen molar-refractivity contribution in [3.05, 3.63) is 42.6 Å². The SMILES string of the molecule is C=CNc1ccc(CC2=NCC(C)=N2)cc1. The lowest BCUT2D eigenvalue weighted by molar-refractivity contribution is 1.25. The first kappa shape index (κ1) is 10.6. The Labute approximate surface area is 95.6 Å². The van der Waals surface area contributed by atoms with Crippen LogP contribution in [0.5, 0.6) is 0 Å². The summed E-state index contributed by atoms with van der Waals surface area (Å²) in [6.07, 6.45) is 2.48. The Balaban J connectivity index is 2.03. The van der Waals surface area contributed by atoms with E-state index in [4.69, 9.17) is 0 Å².